The summed E-state index contributed by atoms with van der Waals surface area (Å²) in [6.07, 6.45) is 0. The van der Waals surface area contributed by atoms with Crippen LogP contribution in [0.3, 0.4) is 0 Å². The topological polar surface area (TPSA) is 38.3 Å². The van der Waals surface area contributed by atoms with Crippen molar-refractivity contribution in [1.29, 1.82) is 0 Å². The van der Waals surface area contributed by atoms with E-state index in [1.807, 2.05) is 6.07 Å². The van der Waals surface area contributed by atoms with Gasteiger partial charge in [-0.2, -0.15) is 0 Å². The fourth-order valence-electron chi connectivity index (χ4n) is 1.48. The summed E-state index contributed by atoms with van der Waals surface area (Å²) in [5, 5.41) is 2.52. The Morgan fingerprint density at radius 1 is 1.30 bits per heavy atom. The summed E-state index contributed by atoms with van der Waals surface area (Å²) in [4.78, 5) is 11.7. The van der Waals surface area contributed by atoms with Crippen molar-refractivity contribution >= 4 is 39.1 Å². The highest BCUT2D eigenvalue weighted by Crippen LogP contribution is 2.20. The highest BCUT2D eigenvalue weighted by Gasteiger charge is 2.06. The summed E-state index contributed by atoms with van der Waals surface area (Å²) >= 11 is 8.93. The quantitative estimate of drug-likeness (QED) is 0.887. The summed E-state index contributed by atoms with van der Waals surface area (Å²) in [7, 11) is 0. The third-order valence-electron chi connectivity index (χ3n) is 2.37. The minimum atomic E-state index is -0.532. The Hall–Kier alpha value is -1.59. The van der Waals surface area contributed by atoms with Crippen LogP contribution >= 0.6 is 27.5 Å². The Balaban J connectivity index is 1.91. The van der Waals surface area contributed by atoms with E-state index in [0.717, 1.165) is 4.47 Å². The van der Waals surface area contributed by atoms with E-state index in [4.69, 9.17) is 16.3 Å². The van der Waals surface area contributed by atoms with E-state index in [1.165, 1.54) is 18.2 Å². The van der Waals surface area contributed by atoms with Gasteiger partial charge in [0.25, 0.3) is 5.91 Å². The van der Waals surface area contributed by atoms with Crippen LogP contribution in [0.2, 0.25) is 5.02 Å². The van der Waals surface area contributed by atoms with E-state index in [0.29, 0.717) is 11.4 Å². The molecule has 0 bridgehead atoms. The molecular formula is C14H10BrClFNO2. The molecule has 6 heteroatoms. The predicted octanol–water partition coefficient (Wildman–Crippen LogP) is 4.26. The number of rotatable bonds is 4. The fourth-order valence-corrected chi connectivity index (χ4v) is 2.04. The lowest BCUT2D eigenvalue weighted by molar-refractivity contribution is -0.118. The van der Waals surface area contributed by atoms with Crippen LogP contribution in [0.25, 0.3) is 0 Å². The molecule has 0 radical (unpaired) electrons. The van der Waals surface area contributed by atoms with Crippen molar-refractivity contribution in [3.05, 3.63) is 57.8 Å². The summed E-state index contributed by atoms with van der Waals surface area (Å²) in [6, 6.07) is 11.1. The first-order chi connectivity index (χ1) is 9.54. The fraction of sp³-hybridized carbons (Fsp3) is 0.0714. The second kappa shape index (κ2) is 6.72. The van der Waals surface area contributed by atoms with Gasteiger partial charge in [0.2, 0.25) is 0 Å². The highest BCUT2D eigenvalue weighted by atomic mass is 79.9. The second-order valence-corrected chi connectivity index (χ2v) is 5.25. The van der Waals surface area contributed by atoms with E-state index in [-0.39, 0.29) is 17.5 Å². The summed E-state index contributed by atoms with van der Waals surface area (Å²) in [5.41, 5.74) is 0.416. The molecule has 1 N–H and O–H groups in total. The van der Waals surface area contributed by atoms with Gasteiger partial charge < -0.3 is 10.1 Å². The molecule has 0 saturated heterocycles. The lowest BCUT2D eigenvalue weighted by Crippen LogP contribution is -2.20. The molecule has 0 atom stereocenters. The van der Waals surface area contributed by atoms with Gasteiger partial charge in [0.1, 0.15) is 11.6 Å². The number of amides is 1. The minimum Gasteiger partial charge on any atom is -0.484 e. The Labute approximate surface area is 128 Å². The number of halogens is 3. The van der Waals surface area contributed by atoms with Crippen molar-refractivity contribution in [3.8, 4) is 5.75 Å². The maximum absolute atomic E-state index is 13.0. The molecule has 104 valence electrons. The monoisotopic (exact) mass is 357 g/mol. The van der Waals surface area contributed by atoms with Gasteiger partial charge in [-0.1, -0.05) is 33.6 Å². The molecule has 0 spiro atoms. The molecule has 0 fully saturated rings. The van der Waals surface area contributed by atoms with E-state index in [1.54, 1.807) is 18.2 Å². The molecule has 1 amide bonds. The number of hydrogen-bond donors (Lipinski definition) is 1. The number of benzene rings is 2. The summed E-state index contributed by atoms with van der Waals surface area (Å²) in [6.45, 7) is -0.147. The van der Waals surface area contributed by atoms with Crippen LogP contribution in [-0.4, -0.2) is 12.5 Å². The molecule has 0 saturated carbocycles. The lowest BCUT2D eigenvalue weighted by Gasteiger charge is -2.08. The van der Waals surface area contributed by atoms with Crippen molar-refractivity contribution in [2.45, 2.75) is 0 Å². The van der Waals surface area contributed by atoms with Crippen LogP contribution in [0.5, 0.6) is 5.75 Å². The maximum atomic E-state index is 13.0. The van der Waals surface area contributed by atoms with Crippen LogP contribution < -0.4 is 10.1 Å². The Morgan fingerprint density at radius 3 is 2.80 bits per heavy atom. The van der Waals surface area contributed by atoms with E-state index in [2.05, 4.69) is 21.2 Å². The van der Waals surface area contributed by atoms with Crippen molar-refractivity contribution in [3.63, 3.8) is 0 Å². The number of carbonyl (C=O) groups is 1. The van der Waals surface area contributed by atoms with Gasteiger partial charge >= 0.3 is 0 Å². The van der Waals surface area contributed by atoms with Crippen LogP contribution in [0.4, 0.5) is 10.1 Å². The first-order valence-electron chi connectivity index (χ1n) is 5.68. The number of nitrogens with one attached hydrogen (secondary N) is 1. The van der Waals surface area contributed by atoms with Crippen molar-refractivity contribution in [2.24, 2.45) is 0 Å². The Kier molecular flexibility index (Phi) is 4.98. The van der Waals surface area contributed by atoms with E-state index >= 15 is 0 Å². The van der Waals surface area contributed by atoms with Crippen LogP contribution in [-0.2, 0) is 4.79 Å². The molecular weight excluding hydrogens is 349 g/mol. The number of carbonyl (C=O) groups excluding carboxylic acids is 1. The first kappa shape index (κ1) is 14.8. The van der Waals surface area contributed by atoms with Gasteiger partial charge in [-0.3, -0.25) is 4.79 Å². The van der Waals surface area contributed by atoms with Crippen molar-refractivity contribution in [1.82, 2.24) is 0 Å². The largest absolute Gasteiger partial charge is 0.484 e. The molecule has 0 unspecified atom stereocenters. The smallest absolute Gasteiger partial charge is 0.262 e. The first-order valence-corrected chi connectivity index (χ1v) is 6.85. The molecule has 2 rings (SSSR count). The molecule has 0 aliphatic carbocycles. The van der Waals surface area contributed by atoms with Crippen LogP contribution in [0, 0.1) is 5.82 Å². The Morgan fingerprint density at radius 2 is 2.10 bits per heavy atom. The molecule has 0 aromatic heterocycles. The number of ether oxygens (including phenoxy) is 1. The number of anilines is 1. The zero-order valence-electron chi connectivity index (χ0n) is 10.2. The van der Waals surface area contributed by atoms with Crippen LogP contribution in [0.1, 0.15) is 0 Å². The van der Waals surface area contributed by atoms with Gasteiger partial charge in [0.15, 0.2) is 6.61 Å². The van der Waals surface area contributed by atoms with Gasteiger partial charge in [-0.05, 0) is 36.4 Å². The molecule has 3 nitrogen and oxygen atoms in total. The average molecular weight is 359 g/mol. The van der Waals surface area contributed by atoms with Crippen molar-refractivity contribution in [2.75, 3.05) is 11.9 Å². The SMILES string of the molecule is O=C(COc1cccc(Br)c1)Nc1ccc(F)c(Cl)c1. The molecule has 2 aromatic rings. The van der Waals surface area contributed by atoms with E-state index in [9.17, 15) is 9.18 Å². The zero-order chi connectivity index (χ0) is 14.5. The normalized spacial score (nSPS) is 10.2. The van der Waals surface area contributed by atoms with Gasteiger partial charge in [0.05, 0.1) is 5.02 Å². The summed E-state index contributed by atoms with van der Waals surface area (Å²) < 4.78 is 19.2. The van der Waals surface area contributed by atoms with Gasteiger partial charge in [0, 0.05) is 10.2 Å². The maximum Gasteiger partial charge on any atom is 0.262 e. The van der Waals surface area contributed by atoms with E-state index < -0.39 is 5.82 Å². The standard InChI is InChI=1S/C14H10BrClFNO2/c15-9-2-1-3-11(6-9)20-8-14(19)18-10-4-5-13(17)12(16)7-10/h1-7H,8H2,(H,18,19). The number of hydrogen-bond acceptors (Lipinski definition) is 2. The highest BCUT2D eigenvalue weighted by molar-refractivity contribution is 9.10. The lowest BCUT2D eigenvalue weighted by atomic mass is 10.3. The molecule has 0 heterocycles. The average Bonchev–Trinajstić information content (AvgIpc) is 2.41. The van der Waals surface area contributed by atoms with Gasteiger partial charge in [-0.15, -0.1) is 0 Å². The third kappa shape index (κ3) is 4.21. The third-order valence-corrected chi connectivity index (χ3v) is 3.15. The van der Waals surface area contributed by atoms with Crippen molar-refractivity contribution < 1.29 is 13.9 Å². The minimum absolute atomic E-state index is 0.0456. The molecule has 20 heavy (non-hydrogen) atoms. The molecule has 0 aliphatic heterocycles. The molecule has 0 aliphatic rings. The zero-order valence-corrected chi connectivity index (χ0v) is 12.5. The Bertz CT molecular complexity index is 636. The molecule has 2 aromatic carbocycles. The predicted molar refractivity (Wildman–Crippen MR) is 79.7 cm³/mol. The van der Waals surface area contributed by atoms with Crippen LogP contribution in [0.15, 0.2) is 46.9 Å². The summed E-state index contributed by atoms with van der Waals surface area (Å²) in [5.74, 6) is -0.311. The van der Waals surface area contributed by atoms with Gasteiger partial charge in [-0.25, -0.2) is 4.39 Å². The second-order valence-electron chi connectivity index (χ2n) is 3.92.